The zero-order chi connectivity index (χ0) is 15.0. The molecular weight excluding hydrogens is 303 g/mol. The third-order valence-electron chi connectivity index (χ3n) is 3.02. The Morgan fingerprint density at radius 1 is 1.29 bits per heavy atom. The van der Waals surface area contributed by atoms with E-state index in [9.17, 15) is 18.0 Å². The predicted octanol–water partition coefficient (Wildman–Crippen LogP) is 3.16. The average Bonchev–Trinajstić information content (AvgIpc) is 2.74. The summed E-state index contributed by atoms with van der Waals surface area (Å²) in [5.41, 5.74) is 0.516. The Kier molecular flexibility index (Phi) is 3.40. The van der Waals surface area contributed by atoms with Crippen LogP contribution in [0, 0.1) is 0 Å². The van der Waals surface area contributed by atoms with Crippen molar-refractivity contribution in [2.24, 2.45) is 0 Å². The standard InChI is InChI=1S/C13H10F3N3OS/c14-13(15,16)11-10-12(18-9(20)6-21-11)17-7-19(10)8-4-2-1-3-5-8/h1-5,7,11H,6H2,(H,18,20)/t11-/m0/s1. The molecule has 3 rings (SSSR count). The van der Waals surface area contributed by atoms with E-state index >= 15 is 0 Å². The summed E-state index contributed by atoms with van der Waals surface area (Å²) in [6, 6.07) is 8.61. The van der Waals surface area contributed by atoms with Crippen molar-refractivity contribution >= 4 is 23.5 Å². The number of imidazole rings is 1. The molecule has 0 saturated heterocycles. The number of carbonyl (C=O) groups is 1. The van der Waals surface area contributed by atoms with Gasteiger partial charge < -0.3 is 5.32 Å². The zero-order valence-electron chi connectivity index (χ0n) is 10.6. The average molecular weight is 313 g/mol. The molecule has 1 atom stereocenters. The van der Waals surface area contributed by atoms with Gasteiger partial charge in [-0.3, -0.25) is 9.36 Å². The normalized spacial score (nSPS) is 18.8. The van der Waals surface area contributed by atoms with Gasteiger partial charge in [-0.15, -0.1) is 11.8 Å². The summed E-state index contributed by atoms with van der Waals surface area (Å²) in [5, 5.41) is 0.626. The van der Waals surface area contributed by atoms with Crippen LogP contribution in [0.5, 0.6) is 0 Å². The lowest BCUT2D eigenvalue weighted by atomic mass is 10.2. The number of anilines is 1. The number of hydrogen-bond acceptors (Lipinski definition) is 3. The van der Waals surface area contributed by atoms with Gasteiger partial charge >= 0.3 is 6.18 Å². The second-order valence-corrected chi connectivity index (χ2v) is 5.56. The number of rotatable bonds is 1. The second-order valence-electron chi connectivity index (χ2n) is 4.46. The predicted molar refractivity (Wildman–Crippen MR) is 73.4 cm³/mol. The van der Waals surface area contributed by atoms with Crippen molar-refractivity contribution in [3.8, 4) is 5.69 Å². The van der Waals surface area contributed by atoms with E-state index in [1.54, 1.807) is 30.3 Å². The molecule has 2 heterocycles. The summed E-state index contributed by atoms with van der Waals surface area (Å²) in [4.78, 5) is 15.4. The number of carbonyl (C=O) groups excluding carboxylic acids is 1. The van der Waals surface area contributed by atoms with Crippen molar-refractivity contribution < 1.29 is 18.0 Å². The number of para-hydroxylation sites is 1. The summed E-state index contributed by atoms with van der Waals surface area (Å²) in [6.45, 7) is 0. The molecule has 0 bridgehead atoms. The van der Waals surface area contributed by atoms with Crippen molar-refractivity contribution in [3.05, 3.63) is 42.4 Å². The second kappa shape index (κ2) is 5.10. The minimum Gasteiger partial charge on any atom is -0.308 e. The zero-order valence-corrected chi connectivity index (χ0v) is 11.4. The van der Waals surface area contributed by atoms with E-state index in [0.29, 0.717) is 17.4 Å². The Labute approximate surface area is 122 Å². The molecule has 1 aliphatic heterocycles. The van der Waals surface area contributed by atoms with Gasteiger partial charge in [-0.25, -0.2) is 4.98 Å². The molecule has 2 aromatic rings. The van der Waals surface area contributed by atoms with Crippen LogP contribution < -0.4 is 5.32 Å². The van der Waals surface area contributed by atoms with Gasteiger partial charge in [-0.2, -0.15) is 13.2 Å². The molecule has 1 N–H and O–H groups in total. The van der Waals surface area contributed by atoms with Gasteiger partial charge in [0.15, 0.2) is 5.82 Å². The molecule has 110 valence electrons. The van der Waals surface area contributed by atoms with Crippen LogP contribution in [0.25, 0.3) is 5.69 Å². The van der Waals surface area contributed by atoms with Gasteiger partial charge in [-0.1, -0.05) is 18.2 Å². The molecule has 1 amide bonds. The summed E-state index contributed by atoms with van der Waals surface area (Å²) < 4.78 is 41.3. The lowest BCUT2D eigenvalue weighted by Gasteiger charge is -2.20. The van der Waals surface area contributed by atoms with Crippen LogP contribution >= 0.6 is 11.8 Å². The van der Waals surface area contributed by atoms with E-state index in [2.05, 4.69) is 10.3 Å². The highest BCUT2D eigenvalue weighted by Gasteiger charge is 2.46. The van der Waals surface area contributed by atoms with Gasteiger partial charge in [0.25, 0.3) is 0 Å². The first-order valence-corrected chi connectivity index (χ1v) is 7.12. The fourth-order valence-corrected chi connectivity index (χ4v) is 3.12. The molecule has 0 aliphatic carbocycles. The maximum Gasteiger partial charge on any atom is 0.406 e. The van der Waals surface area contributed by atoms with Crippen LogP contribution in [-0.2, 0) is 4.79 Å². The number of nitrogens with one attached hydrogen (secondary N) is 1. The molecule has 0 radical (unpaired) electrons. The van der Waals surface area contributed by atoms with Crippen LogP contribution in [0.4, 0.5) is 19.0 Å². The fraction of sp³-hybridized carbons (Fsp3) is 0.231. The smallest absolute Gasteiger partial charge is 0.308 e. The summed E-state index contributed by atoms with van der Waals surface area (Å²) in [6.07, 6.45) is -3.16. The van der Waals surface area contributed by atoms with Gasteiger partial charge in [0.2, 0.25) is 5.91 Å². The lowest BCUT2D eigenvalue weighted by Crippen LogP contribution is -2.20. The molecule has 0 saturated carbocycles. The van der Waals surface area contributed by atoms with Gasteiger partial charge in [0.1, 0.15) is 11.6 Å². The van der Waals surface area contributed by atoms with Crippen LogP contribution in [0.1, 0.15) is 10.9 Å². The molecule has 0 fully saturated rings. The molecule has 21 heavy (non-hydrogen) atoms. The number of hydrogen-bond donors (Lipinski definition) is 1. The third kappa shape index (κ3) is 2.63. The highest BCUT2D eigenvalue weighted by Crippen LogP contribution is 2.47. The number of aromatic nitrogens is 2. The quantitative estimate of drug-likeness (QED) is 0.880. The summed E-state index contributed by atoms with van der Waals surface area (Å²) in [7, 11) is 0. The van der Waals surface area contributed by atoms with E-state index in [0.717, 1.165) is 0 Å². The largest absolute Gasteiger partial charge is 0.406 e. The van der Waals surface area contributed by atoms with Gasteiger partial charge in [-0.05, 0) is 12.1 Å². The Balaban J connectivity index is 2.16. The number of alkyl halides is 3. The minimum atomic E-state index is -4.46. The Hall–Kier alpha value is -1.96. The lowest BCUT2D eigenvalue weighted by molar-refractivity contribution is -0.130. The van der Waals surface area contributed by atoms with Crippen LogP contribution in [0.3, 0.4) is 0 Å². The van der Waals surface area contributed by atoms with E-state index in [1.807, 2.05) is 0 Å². The number of nitrogens with zero attached hydrogens (tertiary/aromatic N) is 2. The van der Waals surface area contributed by atoms with Crippen molar-refractivity contribution in [1.29, 1.82) is 0 Å². The first kappa shape index (κ1) is 14.0. The summed E-state index contributed by atoms with van der Waals surface area (Å²) in [5.74, 6) is -0.766. The monoisotopic (exact) mass is 313 g/mol. The van der Waals surface area contributed by atoms with Crippen LogP contribution in [-0.4, -0.2) is 27.4 Å². The number of benzene rings is 1. The third-order valence-corrected chi connectivity index (χ3v) is 4.28. The molecular formula is C13H10F3N3OS. The summed E-state index contributed by atoms with van der Waals surface area (Å²) >= 11 is 0.557. The van der Waals surface area contributed by atoms with E-state index in [4.69, 9.17) is 0 Å². The van der Waals surface area contributed by atoms with Crippen LogP contribution in [0.2, 0.25) is 0 Å². The minimum absolute atomic E-state index is 0.0313. The molecule has 1 aliphatic rings. The highest BCUT2D eigenvalue weighted by atomic mass is 32.2. The molecule has 8 heteroatoms. The van der Waals surface area contributed by atoms with Crippen LogP contribution in [0.15, 0.2) is 36.7 Å². The van der Waals surface area contributed by atoms with E-state index < -0.39 is 17.3 Å². The van der Waals surface area contributed by atoms with Gasteiger partial charge in [0.05, 0.1) is 11.4 Å². The maximum absolute atomic E-state index is 13.3. The molecule has 1 aromatic carbocycles. The van der Waals surface area contributed by atoms with Crippen molar-refractivity contribution in [2.75, 3.05) is 11.1 Å². The highest BCUT2D eigenvalue weighted by molar-refractivity contribution is 8.00. The SMILES string of the molecule is O=C1CS[C@H](C(F)(F)F)c2c(ncn2-c2ccccc2)N1. The Bertz CT molecular complexity index is 669. The Morgan fingerprint density at radius 2 is 2.00 bits per heavy atom. The molecule has 0 spiro atoms. The number of halogens is 3. The number of amides is 1. The molecule has 4 nitrogen and oxygen atoms in total. The van der Waals surface area contributed by atoms with Crippen molar-refractivity contribution in [2.45, 2.75) is 11.4 Å². The number of thioether (sulfide) groups is 1. The fourth-order valence-electron chi connectivity index (χ4n) is 2.15. The maximum atomic E-state index is 13.3. The molecule has 0 unspecified atom stereocenters. The molecule has 1 aromatic heterocycles. The van der Waals surface area contributed by atoms with Gasteiger partial charge in [0, 0.05) is 5.69 Å². The first-order valence-electron chi connectivity index (χ1n) is 6.07. The van der Waals surface area contributed by atoms with E-state index in [-0.39, 0.29) is 17.3 Å². The van der Waals surface area contributed by atoms with E-state index in [1.165, 1.54) is 10.9 Å². The Morgan fingerprint density at radius 3 is 2.67 bits per heavy atom. The number of fused-ring (bicyclic) bond motifs is 1. The van der Waals surface area contributed by atoms with Crippen molar-refractivity contribution in [3.63, 3.8) is 0 Å². The topological polar surface area (TPSA) is 46.9 Å². The first-order chi connectivity index (χ1) is 9.97. The van der Waals surface area contributed by atoms with Crippen molar-refractivity contribution in [1.82, 2.24) is 9.55 Å².